The number of anilines is 1. The van der Waals surface area contributed by atoms with Crippen LogP contribution in [0.2, 0.25) is 0 Å². The predicted octanol–water partition coefficient (Wildman–Crippen LogP) is 3.11. The van der Waals surface area contributed by atoms with E-state index in [1.165, 1.54) is 0 Å². The van der Waals surface area contributed by atoms with E-state index in [-0.39, 0.29) is 0 Å². The Morgan fingerprint density at radius 3 is 2.68 bits per heavy atom. The predicted molar refractivity (Wildman–Crippen MR) is 114 cm³/mol. The van der Waals surface area contributed by atoms with Gasteiger partial charge in [-0.2, -0.15) is 5.26 Å². The summed E-state index contributed by atoms with van der Waals surface area (Å²) in [5.74, 6) is 0.999. The Morgan fingerprint density at radius 2 is 1.96 bits per heavy atom. The number of hydrogen-bond donors (Lipinski definition) is 1. The molecule has 1 aromatic carbocycles. The monoisotopic (exact) mass is 376 g/mol. The topological polar surface area (TPSA) is 59.6 Å². The third-order valence-electron chi connectivity index (χ3n) is 5.94. The van der Waals surface area contributed by atoms with Crippen molar-refractivity contribution in [2.75, 3.05) is 44.6 Å². The highest BCUT2D eigenvalue weighted by Crippen LogP contribution is 2.26. The van der Waals surface area contributed by atoms with Crippen LogP contribution in [0, 0.1) is 18.3 Å². The standard InChI is InChI=1S/C22H28N6/c1-4-26-9-11-27(12-10-26)17(3)15-24-21-13-16(2)18(14-23)22-25-19-7-5-6-8-20(19)28(21)22/h5-8,13,17,24H,4,9-12,15H2,1-3H3. The first kappa shape index (κ1) is 18.7. The fourth-order valence-electron chi connectivity index (χ4n) is 4.13. The lowest BCUT2D eigenvalue weighted by Gasteiger charge is -2.37. The van der Waals surface area contributed by atoms with E-state index < -0.39 is 0 Å². The number of rotatable bonds is 5. The van der Waals surface area contributed by atoms with Gasteiger partial charge in [-0.1, -0.05) is 19.1 Å². The Kier molecular flexibility index (Phi) is 5.21. The highest BCUT2D eigenvalue weighted by Gasteiger charge is 2.21. The molecule has 1 saturated heterocycles. The summed E-state index contributed by atoms with van der Waals surface area (Å²) in [6.07, 6.45) is 0. The van der Waals surface area contributed by atoms with Crippen LogP contribution in [0.25, 0.3) is 16.7 Å². The van der Waals surface area contributed by atoms with Gasteiger partial charge in [0.05, 0.1) is 16.6 Å². The number of hydrogen-bond acceptors (Lipinski definition) is 5. The molecule has 6 nitrogen and oxygen atoms in total. The lowest BCUT2D eigenvalue weighted by Crippen LogP contribution is -2.51. The fraction of sp³-hybridized carbons (Fsp3) is 0.455. The number of nitrogens with one attached hydrogen (secondary N) is 1. The molecule has 3 aromatic rings. The number of aryl methyl sites for hydroxylation is 1. The molecule has 146 valence electrons. The molecule has 0 spiro atoms. The van der Waals surface area contributed by atoms with Crippen molar-refractivity contribution in [3.05, 3.63) is 41.5 Å². The highest BCUT2D eigenvalue weighted by atomic mass is 15.3. The lowest BCUT2D eigenvalue weighted by atomic mass is 10.1. The molecule has 1 fully saturated rings. The van der Waals surface area contributed by atoms with E-state index in [0.29, 0.717) is 11.6 Å². The SMILES string of the molecule is CCN1CCN(C(C)CNc2cc(C)c(C#N)c3nc4ccccc4n23)CC1. The maximum Gasteiger partial charge on any atom is 0.157 e. The van der Waals surface area contributed by atoms with Crippen LogP contribution in [0.5, 0.6) is 0 Å². The van der Waals surface area contributed by atoms with E-state index in [4.69, 9.17) is 4.98 Å². The molecule has 0 amide bonds. The van der Waals surface area contributed by atoms with Crippen LogP contribution in [-0.2, 0) is 0 Å². The second-order valence-electron chi connectivity index (χ2n) is 7.66. The number of nitrogens with zero attached hydrogens (tertiary/aromatic N) is 5. The van der Waals surface area contributed by atoms with Crippen molar-refractivity contribution in [2.24, 2.45) is 0 Å². The lowest BCUT2D eigenvalue weighted by molar-refractivity contribution is 0.110. The van der Waals surface area contributed by atoms with Gasteiger partial charge in [0, 0.05) is 38.8 Å². The molecule has 1 N–H and O–H groups in total. The average molecular weight is 377 g/mol. The second kappa shape index (κ2) is 7.78. The number of aromatic nitrogens is 2. The molecule has 28 heavy (non-hydrogen) atoms. The zero-order chi connectivity index (χ0) is 19.7. The van der Waals surface area contributed by atoms with Gasteiger partial charge in [0.2, 0.25) is 0 Å². The van der Waals surface area contributed by atoms with E-state index in [2.05, 4.69) is 51.6 Å². The van der Waals surface area contributed by atoms with Gasteiger partial charge in [0.25, 0.3) is 0 Å². The first-order valence-corrected chi connectivity index (χ1v) is 10.1. The van der Waals surface area contributed by atoms with Crippen molar-refractivity contribution in [2.45, 2.75) is 26.8 Å². The number of pyridine rings is 1. The van der Waals surface area contributed by atoms with Gasteiger partial charge in [-0.15, -0.1) is 0 Å². The summed E-state index contributed by atoms with van der Waals surface area (Å²) in [5.41, 5.74) is 4.27. The van der Waals surface area contributed by atoms with Crippen LogP contribution in [0.1, 0.15) is 25.0 Å². The van der Waals surface area contributed by atoms with Gasteiger partial charge in [-0.3, -0.25) is 9.30 Å². The number of benzene rings is 1. The van der Waals surface area contributed by atoms with Crippen LogP contribution in [0.4, 0.5) is 5.82 Å². The van der Waals surface area contributed by atoms with Crippen LogP contribution in [0.3, 0.4) is 0 Å². The second-order valence-corrected chi connectivity index (χ2v) is 7.66. The summed E-state index contributed by atoms with van der Waals surface area (Å²) in [5, 5.41) is 13.3. The zero-order valence-corrected chi connectivity index (χ0v) is 16.9. The van der Waals surface area contributed by atoms with Crippen molar-refractivity contribution in [3.63, 3.8) is 0 Å². The van der Waals surface area contributed by atoms with Crippen molar-refractivity contribution in [3.8, 4) is 6.07 Å². The number of para-hydroxylation sites is 2. The Balaban J connectivity index is 1.61. The van der Waals surface area contributed by atoms with Crippen molar-refractivity contribution in [1.29, 1.82) is 5.26 Å². The molecule has 6 heteroatoms. The van der Waals surface area contributed by atoms with Crippen LogP contribution >= 0.6 is 0 Å². The minimum absolute atomic E-state index is 0.444. The Bertz CT molecular complexity index is 1020. The summed E-state index contributed by atoms with van der Waals surface area (Å²) in [7, 11) is 0. The van der Waals surface area contributed by atoms with E-state index >= 15 is 0 Å². The average Bonchev–Trinajstić information content (AvgIpc) is 3.11. The van der Waals surface area contributed by atoms with E-state index in [0.717, 1.165) is 67.3 Å². The van der Waals surface area contributed by atoms with Crippen LogP contribution in [0.15, 0.2) is 30.3 Å². The molecule has 3 heterocycles. The van der Waals surface area contributed by atoms with Crippen molar-refractivity contribution < 1.29 is 0 Å². The number of nitriles is 1. The summed E-state index contributed by atoms with van der Waals surface area (Å²) in [4.78, 5) is 9.78. The summed E-state index contributed by atoms with van der Waals surface area (Å²) in [6, 6.07) is 12.9. The molecule has 0 radical (unpaired) electrons. The van der Waals surface area contributed by atoms with E-state index in [1.54, 1.807) is 0 Å². The highest BCUT2D eigenvalue weighted by molar-refractivity contribution is 5.85. The summed E-state index contributed by atoms with van der Waals surface area (Å²) >= 11 is 0. The molecule has 0 saturated carbocycles. The van der Waals surface area contributed by atoms with Gasteiger partial charge in [0.1, 0.15) is 11.9 Å². The molecule has 0 aliphatic carbocycles. The molecular formula is C22H28N6. The Morgan fingerprint density at radius 1 is 1.21 bits per heavy atom. The maximum atomic E-state index is 9.63. The van der Waals surface area contributed by atoms with Gasteiger partial charge in [-0.25, -0.2) is 4.98 Å². The normalized spacial score (nSPS) is 17.1. The molecule has 1 atom stereocenters. The van der Waals surface area contributed by atoms with Gasteiger partial charge >= 0.3 is 0 Å². The molecule has 1 aliphatic heterocycles. The first-order chi connectivity index (χ1) is 13.6. The molecule has 4 rings (SSSR count). The van der Waals surface area contributed by atoms with Crippen molar-refractivity contribution in [1.82, 2.24) is 19.2 Å². The molecule has 1 aliphatic rings. The first-order valence-electron chi connectivity index (χ1n) is 10.1. The molecule has 0 bridgehead atoms. The third kappa shape index (κ3) is 3.32. The number of likely N-dealkylation sites (N-methyl/N-ethyl adjacent to an activating group) is 1. The van der Waals surface area contributed by atoms with Gasteiger partial charge in [0.15, 0.2) is 5.65 Å². The molecule has 1 unspecified atom stereocenters. The smallest absolute Gasteiger partial charge is 0.157 e. The number of piperazine rings is 1. The Hall–Kier alpha value is -2.62. The van der Waals surface area contributed by atoms with E-state index in [1.807, 2.05) is 25.1 Å². The van der Waals surface area contributed by atoms with E-state index in [9.17, 15) is 5.26 Å². The summed E-state index contributed by atoms with van der Waals surface area (Å²) in [6.45, 7) is 13.0. The van der Waals surface area contributed by atoms with Crippen LogP contribution < -0.4 is 5.32 Å². The fourth-order valence-corrected chi connectivity index (χ4v) is 4.13. The van der Waals surface area contributed by atoms with Gasteiger partial charge in [-0.05, 0) is 44.2 Å². The molecular weight excluding hydrogens is 348 g/mol. The number of fused-ring (bicyclic) bond motifs is 3. The summed E-state index contributed by atoms with van der Waals surface area (Å²) < 4.78 is 2.09. The van der Waals surface area contributed by atoms with Crippen molar-refractivity contribution >= 4 is 22.5 Å². The quantitative estimate of drug-likeness (QED) is 0.741. The Labute approximate surface area is 166 Å². The molecule has 2 aromatic heterocycles. The zero-order valence-electron chi connectivity index (χ0n) is 16.9. The van der Waals surface area contributed by atoms with Gasteiger partial charge < -0.3 is 10.2 Å². The third-order valence-corrected chi connectivity index (χ3v) is 5.94. The maximum absolute atomic E-state index is 9.63. The van der Waals surface area contributed by atoms with Crippen LogP contribution in [-0.4, -0.2) is 64.5 Å². The largest absolute Gasteiger partial charge is 0.370 e. The minimum Gasteiger partial charge on any atom is -0.370 e. The minimum atomic E-state index is 0.444. The number of imidazole rings is 1.